The lowest BCUT2D eigenvalue weighted by molar-refractivity contribution is -0.297. The number of amides is 2. The average molecular weight is 388 g/mol. The second-order valence-corrected chi connectivity index (χ2v) is 7.58. The van der Waals surface area contributed by atoms with E-state index >= 15 is 0 Å². The SMILES string of the molecule is CCCCC(C)NC(=O)ON(CCC(C)CC)OC(=O)NCC(C)CCC. The predicted molar refractivity (Wildman–Crippen MR) is 108 cm³/mol. The number of hydrogen-bond donors (Lipinski definition) is 2. The van der Waals surface area contributed by atoms with Crippen LogP contribution in [0.4, 0.5) is 9.59 Å². The quantitative estimate of drug-likeness (QED) is 0.409. The van der Waals surface area contributed by atoms with Gasteiger partial charge in [0.25, 0.3) is 0 Å². The van der Waals surface area contributed by atoms with Crippen molar-refractivity contribution in [2.75, 3.05) is 13.1 Å². The summed E-state index contributed by atoms with van der Waals surface area (Å²) in [7, 11) is 0. The van der Waals surface area contributed by atoms with Crippen molar-refractivity contribution in [3.8, 4) is 0 Å². The zero-order chi connectivity index (χ0) is 20.7. The van der Waals surface area contributed by atoms with E-state index in [-0.39, 0.29) is 6.04 Å². The summed E-state index contributed by atoms with van der Waals surface area (Å²) in [5.74, 6) is 0.818. The van der Waals surface area contributed by atoms with Crippen LogP contribution in [0.15, 0.2) is 0 Å². The molecule has 0 aliphatic carbocycles. The maximum Gasteiger partial charge on any atom is 0.429 e. The number of hydrogen-bond acceptors (Lipinski definition) is 5. The van der Waals surface area contributed by atoms with Crippen LogP contribution in [0.3, 0.4) is 0 Å². The summed E-state index contributed by atoms with van der Waals surface area (Å²) in [4.78, 5) is 34.6. The Morgan fingerprint density at radius 3 is 2.15 bits per heavy atom. The summed E-state index contributed by atoms with van der Waals surface area (Å²) in [6, 6.07) is 0.0117. The molecule has 0 bridgehead atoms. The zero-order valence-electron chi connectivity index (χ0n) is 18.2. The molecule has 7 heteroatoms. The van der Waals surface area contributed by atoms with E-state index in [0.29, 0.717) is 24.9 Å². The number of nitrogens with zero attached hydrogens (tertiary/aromatic N) is 1. The van der Waals surface area contributed by atoms with Crippen molar-refractivity contribution in [1.82, 2.24) is 15.9 Å². The van der Waals surface area contributed by atoms with Crippen LogP contribution in [-0.2, 0) is 9.68 Å². The second-order valence-electron chi connectivity index (χ2n) is 7.58. The van der Waals surface area contributed by atoms with Crippen molar-refractivity contribution in [2.45, 2.75) is 92.5 Å². The normalized spacial score (nSPS) is 14.3. The number of carbonyl (C=O) groups is 2. The molecule has 160 valence electrons. The number of unbranched alkanes of at least 4 members (excludes halogenated alkanes) is 1. The molecule has 3 unspecified atom stereocenters. The first-order valence-corrected chi connectivity index (χ1v) is 10.5. The molecule has 0 saturated carbocycles. The Balaban J connectivity index is 4.53. The smallest absolute Gasteiger partial charge is 0.320 e. The topological polar surface area (TPSA) is 79.9 Å². The third-order valence-electron chi connectivity index (χ3n) is 4.60. The molecule has 2 N–H and O–H groups in total. The summed E-state index contributed by atoms with van der Waals surface area (Å²) < 4.78 is 0. The van der Waals surface area contributed by atoms with E-state index < -0.39 is 12.2 Å². The number of carbonyl (C=O) groups excluding carboxylic acids is 2. The first-order valence-electron chi connectivity index (χ1n) is 10.5. The summed E-state index contributed by atoms with van der Waals surface area (Å²) in [6.07, 6.45) is 5.66. The predicted octanol–water partition coefficient (Wildman–Crippen LogP) is 5.02. The molecule has 7 nitrogen and oxygen atoms in total. The maximum absolute atomic E-state index is 12.1. The fourth-order valence-corrected chi connectivity index (χ4v) is 2.52. The van der Waals surface area contributed by atoms with Crippen LogP contribution in [0.25, 0.3) is 0 Å². The Bertz CT molecular complexity index is 407. The third-order valence-corrected chi connectivity index (χ3v) is 4.60. The largest absolute Gasteiger partial charge is 0.429 e. The van der Waals surface area contributed by atoms with Gasteiger partial charge in [0.1, 0.15) is 0 Å². The lowest BCUT2D eigenvalue weighted by Crippen LogP contribution is -2.42. The number of rotatable bonds is 14. The maximum atomic E-state index is 12.1. The van der Waals surface area contributed by atoms with Gasteiger partial charge >= 0.3 is 12.2 Å². The number of hydroxylamine groups is 2. The van der Waals surface area contributed by atoms with E-state index in [1.165, 1.54) is 0 Å². The first kappa shape index (κ1) is 25.5. The molecule has 3 atom stereocenters. The van der Waals surface area contributed by atoms with Crippen LogP contribution in [0.2, 0.25) is 0 Å². The molecule has 0 saturated heterocycles. The Morgan fingerprint density at radius 1 is 0.889 bits per heavy atom. The van der Waals surface area contributed by atoms with Crippen molar-refractivity contribution < 1.29 is 19.3 Å². The van der Waals surface area contributed by atoms with Crippen molar-refractivity contribution >= 4 is 12.2 Å². The average Bonchev–Trinajstić information content (AvgIpc) is 2.62. The number of nitrogens with one attached hydrogen (secondary N) is 2. The van der Waals surface area contributed by atoms with Gasteiger partial charge in [0.2, 0.25) is 0 Å². The molecular formula is C20H41N3O4. The standard InChI is InChI=1S/C20H41N3O4/c1-7-10-12-18(6)22-20(25)27-23(14-13-16(4)9-3)26-19(24)21-15-17(5)11-8-2/h16-18H,7-15H2,1-6H3,(H,21,24)(H,22,25). The van der Waals surface area contributed by atoms with Gasteiger partial charge in [0.15, 0.2) is 0 Å². The van der Waals surface area contributed by atoms with E-state index in [9.17, 15) is 9.59 Å². The lowest BCUT2D eigenvalue weighted by Gasteiger charge is -2.22. The molecule has 0 aliphatic rings. The molecule has 0 aromatic heterocycles. The highest BCUT2D eigenvalue weighted by Crippen LogP contribution is 2.09. The van der Waals surface area contributed by atoms with E-state index in [0.717, 1.165) is 50.2 Å². The van der Waals surface area contributed by atoms with Crippen molar-refractivity contribution in [2.24, 2.45) is 11.8 Å². The van der Waals surface area contributed by atoms with Gasteiger partial charge in [-0.05, 0) is 38.0 Å². The van der Waals surface area contributed by atoms with Crippen LogP contribution in [0, 0.1) is 11.8 Å². The zero-order valence-corrected chi connectivity index (χ0v) is 18.2. The monoisotopic (exact) mass is 387 g/mol. The Kier molecular flexibility index (Phi) is 14.7. The molecule has 0 fully saturated rings. The highest BCUT2D eigenvalue weighted by Gasteiger charge is 2.19. The van der Waals surface area contributed by atoms with Gasteiger partial charge in [-0.2, -0.15) is 0 Å². The van der Waals surface area contributed by atoms with Crippen molar-refractivity contribution in [3.05, 3.63) is 0 Å². The van der Waals surface area contributed by atoms with E-state index in [1.807, 2.05) is 6.92 Å². The Hall–Kier alpha value is -1.50. The molecule has 2 amide bonds. The molecule has 0 spiro atoms. The van der Waals surface area contributed by atoms with Gasteiger partial charge < -0.3 is 20.3 Å². The molecule has 0 aliphatic heterocycles. The highest BCUT2D eigenvalue weighted by atomic mass is 17.0. The fraction of sp³-hybridized carbons (Fsp3) is 0.900. The summed E-state index contributed by atoms with van der Waals surface area (Å²) in [5, 5.41) is 6.49. The van der Waals surface area contributed by atoms with Gasteiger partial charge in [0, 0.05) is 17.8 Å². The van der Waals surface area contributed by atoms with Gasteiger partial charge in [0.05, 0.1) is 6.54 Å². The van der Waals surface area contributed by atoms with Gasteiger partial charge in [-0.1, -0.05) is 60.3 Å². The molecule has 0 rings (SSSR count). The second kappa shape index (κ2) is 15.5. The van der Waals surface area contributed by atoms with Crippen LogP contribution in [0.1, 0.15) is 86.5 Å². The van der Waals surface area contributed by atoms with Crippen molar-refractivity contribution in [1.29, 1.82) is 0 Å². The van der Waals surface area contributed by atoms with E-state index in [2.05, 4.69) is 45.3 Å². The molecule has 0 heterocycles. The van der Waals surface area contributed by atoms with E-state index in [1.54, 1.807) is 0 Å². The van der Waals surface area contributed by atoms with Crippen molar-refractivity contribution in [3.63, 3.8) is 0 Å². The summed E-state index contributed by atoms with van der Waals surface area (Å²) >= 11 is 0. The Morgan fingerprint density at radius 2 is 1.56 bits per heavy atom. The van der Waals surface area contributed by atoms with Crippen LogP contribution in [-0.4, -0.2) is 36.5 Å². The van der Waals surface area contributed by atoms with Gasteiger partial charge in [-0.3, -0.25) is 0 Å². The molecule has 0 aromatic rings. The summed E-state index contributed by atoms with van der Waals surface area (Å²) in [5.41, 5.74) is 0. The highest BCUT2D eigenvalue weighted by molar-refractivity contribution is 5.68. The van der Waals surface area contributed by atoms with Gasteiger partial charge in [-0.15, -0.1) is 0 Å². The Labute approximate surface area is 165 Å². The molecular weight excluding hydrogens is 346 g/mol. The van der Waals surface area contributed by atoms with E-state index in [4.69, 9.17) is 9.68 Å². The summed E-state index contributed by atoms with van der Waals surface area (Å²) in [6.45, 7) is 13.3. The van der Waals surface area contributed by atoms with Gasteiger partial charge in [-0.25, -0.2) is 9.59 Å². The van der Waals surface area contributed by atoms with Crippen LogP contribution >= 0.6 is 0 Å². The molecule has 0 radical (unpaired) electrons. The minimum Gasteiger partial charge on any atom is -0.320 e. The minimum atomic E-state index is -0.603. The van der Waals surface area contributed by atoms with Crippen LogP contribution in [0.5, 0.6) is 0 Å². The third kappa shape index (κ3) is 14.3. The van der Waals surface area contributed by atoms with Crippen LogP contribution < -0.4 is 10.6 Å². The minimum absolute atomic E-state index is 0.0117. The fourth-order valence-electron chi connectivity index (χ4n) is 2.52. The molecule has 27 heavy (non-hydrogen) atoms. The first-order chi connectivity index (χ1) is 12.8. The molecule has 0 aromatic carbocycles. The lowest BCUT2D eigenvalue weighted by atomic mass is 10.1.